The number of carbonyl (C=O) groups is 1. The fourth-order valence-corrected chi connectivity index (χ4v) is 1.41. The van der Waals surface area contributed by atoms with Crippen molar-refractivity contribution in [3.8, 4) is 6.07 Å². The topological polar surface area (TPSA) is 75.0 Å². The highest BCUT2D eigenvalue weighted by atomic mass is 35.5. The number of anilines is 1. The molecule has 0 radical (unpaired) electrons. The van der Waals surface area contributed by atoms with Gasteiger partial charge in [0.1, 0.15) is 11.2 Å². The van der Waals surface area contributed by atoms with Gasteiger partial charge in [-0.05, 0) is 19.1 Å². The number of hydrogen-bond acceptors (Lipinski definition) is 5. The smallest absolute Gasteiger partial charge is 0.350 e. The van der Waals surface area contributed by atoms with E-state index in [-0.39, 0.29) is 22.5 Å². The third kappa shape index (κ3) is 3.91. The molecule has 1 N–H and O–H groups in total. The number of carbonyl (C=O) groups excluding carboxylic acids is 1. The van der Waals surface area contributed by atoms with Gasteiger partial charge in [-0.25, -0.2) is 9.78 Å². The molecule has 0 amide bonds. The summed E-state index contributed by atoms with van der Waals surface area (Å²) in [4.78, 5) is 15.1. The van der Waals surface area contributed by atoms with Crippen LogP contribution in [-0.4, -0.2) is 17.6 Å². The predicted molar refractivity (Wildman–Crippen MR) is 68.2 cm³/mol. The average molecular weight is 286 g/mol. The zero-order chi connectivity index (χ0) is 13.5. The lowest BCUT2D eigenvalue weighted by Crippen LogP contribution is -2.08. The quantitative estimate of drug-likeness (QED) is 0.398. The lowest BCUT2D eigenvalue weighted by atomic mass is 10.3. The number of nitrogens with one attached hydrogen (secondary N) is 1. The predicted octanol–water partition coefficient (Wildman–Crippen LogP) is 2.77. The lowest BCUT2D eigenvalue weighted by Gasteiger charge is -2.04. The van der Waals surface area contributed by atoms with E-state index >= 15 is 0 Å². The Morgan fingerprint density at radius 3 is 2.89 bits per heavy atom. The number of nitriles is 1. The molecular formula is C11H9Cl2N3O2. The number of halogens is 2. The van der Waals surface area contributed by atoms with E-state index in [0.29, 0.717) is 5.69 Å². The maximum Gasteiger partial charge on any atom is 0.350 e. The second-order valence-corrected chi connectivity index (χ2v) is 3.75. The molecule has 0 aliphatic heterocycles. The summed E-state index contributed by atoms with van der Waals surface area (Å²) < 4.78 is 4.69. The second-order valence-electron chi connectivity index (χ2n) is 3.01. The molecule has 0 unspecified atom stereocenters. The van der Waals surface area contributed by atoms with Crippen LogP contribution in [0.1, 0.15) is 6.92 Å². The number of rotatable bonds is 4. The minimum atomic E-state index is -0.703. The van der Waals surface area contributed by atoms with E-state index < -0.39 is 5.97 Å². The van der Waals surface area contributed by atoms with Crippen LogP contribution < -0.4 is 5.32 Å². The Labute approximate surface area is 114 Å². The van der Waals surface area contributed by atoms with Crippen LogP contribution in [0.5, 0.6) is 0 Å². The molecule has 1 aromatic heterocycles. The van der Waals surface area contributed by atoms with Crippen molar-refractivity contribution in [3.63, 3.8) is 0 Å². The summed E-state index contributed by atoms with van der Waals surface area (Å²) in [5.41, 5.74) is 0.265. The summed E-state index contributed by atoms with van der Waals surface area (Å²) in [6, 6.07) is 4.83. The molecule has 94 valence electrons. The fraction of sp³-hybridized carbons (Fsp3) is 0.182. The van der Waals surface area contributed by atoms with Crippen molar-refractivity contribution in [2.45, 2.75) is 6.92 Å². The van der Waals surface area contributed by atoms with E-state index in [1.807, 2.05) is 0 Å². The van der Waals surface area contributed by atoms with E-state index in [0.717, 1.165) is 0 Å². The van der Waals surface area contributed by atoms with E-state index in [1.165, 1.54) is 12.3 Å². The third-order valence-electron chi connectivity index (χ3n) is 1.80. The van der Waals surface area contributed by atoms with Gasteiger partial charge < -0.3 is 10.1 Å². The molecule has 18 heavy (non-hydrogen) atoms. The normalized spacial score (nSPS) is 10.7. The van der Waals surface area contributed by atoms with Crippen LogP contribution >= 0.6 is 23.2 Å². The van der Waals surface area contributed by atoms with Gasteiger partial charge in [0.2, 0.25) is 0 Å². The molecule has 0 aliphatic rings. The molecule has 7 heteroatoms. The molecule has 1 aromatic rings. The lowest BCUT2D eigenvalue weighted by molar-refractivity contribution is -0.138. The van der Waals surface area contributed by atoms with Crippen LogP contribution in [0.15, 0.2) is 23.9 Å². The Balaban J connectivity index is 2.84. The van der Waals surface area contributed by atoms with Crippen molar-refractivity contribution in [3.05, 3.63) is 34.2 Å². The third-order valence-corrected chi connectivity index (χ3v) is 2.30. The van der Waals surface area contributed by atoms with Gasteiger partial charge in [0.05, 0.1) is 12.3 Å². The van der Waals surface area contributed by atoms with Crippen LogP contribution in [0.4, 0.5) is 5.69 Å². The molecule has 0 aromatic carbocycles. The maximum absolute atomic E-state index is 11.3. The van der Waals surface area contributed by atoms with Crippen LogP contribution in [0.25, 0.3) is 0 Å². The molecule has 1 rings (SSSR count). The van der Waals surface area contributed by atoms with Crippen LogP contribution in [0, 0.1) is 11.3 Å². The van der Waals surface area contributed by atoms with Crippen molar-refractivity contribution in [1.82, 2.24) is 4.98 Å². The first-order valence-electron chi connectivity index (χ1n) is 4.94. The standard InChI is InChI=1S/C11H9Cl2N3O2/c1-2-18-11(17)7(5-14)6-15-8-3-4-9(12)16-10(8)13/h3-4,6,15H,2H2,1H3/b7-6-. The number of ether oxygens (including phenoxy) is 1. The van der Waals surface area contributed by atoms with Crippen LogP contribution in [-0.2, 0) is 9.53 Å². The molecule has 0 spiro atoms. The summed E-state index contributed by atoms with van der Waals surface area (Å²) >= 11 is 11.4. The molecule has 1 heterocycles. The number of hydrogen-bond donors (Lipinski definition) is 1. The van der Waals surface area contributed by atoms with Crippen molar-refractivity contribution >= 4 is 34.9 Å². The van der Waals surface area contributed by atoms with Crippen molar-refractivity contribution in [2.24, 2.45) is 0 Å². The Kier molecular flexibility index (Phi) is 5.43. The molecule has 0 bridgehead atoms. The van der Waals surface area contributed by atoms with Gasteiger partial charge in [-0.3, -0.25) is 0 Å². The first-order chi connectivity index (χ1) is 8.58. The summed E-state index contributed by atoms with van der Waals surface area (Å²) in [6.07, 6.45) is 1.20. The monoisotopic (exact) mass is 285 g/mol. The van der Waals surface area contributed by atoms with Crippen LogP contribution in [0.2, 0.25) is 10.3 Å². The molecule has 0 saturated carbocycles. The Morgan fingerprint density at radius 1 is 1.61 bits per heavy atom. The second kappa shape index (κ2) is 6.84. The van der Waals surface area contributed by atoms with Crippen molar-refractivity contribution < 1.29 is 9.53 Å². The minimum absolute atomic E-state index is 0.139. The van der Waals surface area contributed by atoms with Gasteiger partial charge in [0, 0.05) is 6.20 Å². The zero-order valence-corrected chi connectivity index (χ0v) is 10.9. The number of nitrogens with zero attached hydrogens (tertiary/aromatic N) is 2. The average Bonchev–Trinajstić information content (AvgIpc) is 2.32. The van der Waals surface area contributed by atoms with Gasteiger partial charge in [-0.15, -0.1) is 0 Å². The van der Waals surface area contributed by atoms with Gasteiger partial charge in [-0.2, -0.15) is 5.26 Å². The van der Waals surface area contributed by atoms with E-state index in [1.54, 1.807) is 19.1 Å². The SMILES string of the molecule is CCOC(=O)/C(C#N)=C\Nc1ccc(Cl)nc1Cl. The summed E-state index contributed by atoms with van der Waals surface area (Å²) in [6.45, 7) is 1.85. The molecule has 0 atom stereocenters. The zero-order valence-electron chi connectivity index (χ0n) is 9.41. The largest absolute Gasteiger partial charge is 0.462 e. The summed E-state index contributed by atoms with van der Waals surface area (Å²) in [5.74, 6) is -0.703. The Hall–Kier alpha value is -1.77. The van der Waals surface area contributed by atoms with E-state index in [9.17, 15) is 4.79 Å². The number of pyridine rings is 1. The Morgan fingerprint density at radius 2 is 2.33 bits per heavy atom. The first kappa shape index (κ1) is 14.3. The van der Waals surface area contributed by atoms with Crippen LogP contribution in [0.3, 0.4) is 0 Å². The molecule has 0 aliphatic carbocycles. The summed E-state index contributed by atoms with van der Waals surface area (Å²) in [5, 5.41) is 11.9. The molecule has 5 nitrogen and oxygen atoms in total. The van der Waals surface area contributed by atoms with Gasteiger partial charge in [-0.1, -0.05) is 23.2 Å². The van der Waals surface area contributed by atoms with E-state index in [4.69, 9.17) is 33.2 Å². The molecule has 0 fully saturated rings. The molecule has 0 saturated heterocycles. The van der Waals surface area contributed by atoms with Crippen molar-refractivity contribution in [2.75, 3.05) is 11.9 Å². The highest BCUT2D eigenvalue weighted by molar-refractivity contribution is 6.34. The number of esters is 1. The first-order valence-corrected chi connectivity index (χ1v) is 5.70. The van der Waals surface area contributed by atoms with Crippen molar-refractivity contribution in [1.29, 1.82) is 5.26 Å². The fourth-order valence-electron chi connectivity index (χ4n) is 1.02. The number of aromatic nitrogens is 1. The highest BCUT2D eigenvalue weighted by Crippen LogP contribution is 2.21. The van der Waals surface area contributed by atoms with Gasteiger partial charge >= 0.3 is 5.97 Å². The Bertz CT molecular complexity index is 524. The van der Waals surface area contributed by atoms with Gasteiger partial charge in [0.15, 0.2) is 10.7 Å². The summed E-state index contributed by atoms with van der Waals surface area (Å²) in [7, 11) is 0. The highest BCUT2D eigenvalue weighted by Gasteiger charge is 2.09. The van der Waals surface area contributed by atoms with Gasteiger partial charge in [0.25, 0.3) is 0 Å². The maximum atomic E-state index is 11.3. The molecular weight excluding hydrogens is 277 g/mol. The minimum Gasteiger partial charge on any atom is -0.462 e. The van der Waals surface area contributed by atoms with E-state index in [2.05, 4.69) is 10.3 Å².